The van der Waals surface area contributed by atoms with Crippen molar-refractivity contribution >= 4 is 0 Å². The number of rotatable bonds is 16. The molecular weight excluding hydrogens is 248 g/mol. The Morgan fingerprint density at radius 3 is 1.85 bits per heavy atom. The molecule has 0 heterocycles. The van der Waals surface area contributed by atoms with Crippen molar-refractivity contribution in [1.29, 1.82) is 0 Å². The van der Waals surface area contributed by atoms with E-state index in [1.54, 1.807) is 0 Å². The first kappa shape index (κ1) is 19.9. The summed E-state index contributed by atoms with van der Waals surface area (Å²) < 4.78 is 0. The summed E-state index contributed by atoms with van der Waals surface area (Å²) >= 11 is 0. The largest absolute Gasteiger partial charge is 0.330 e. The van der Waals surface area contributed by atoms with E-state index in [0.717, 1.165) is 32.7 Å². The standard InChI is InChI=1S/C17H38N2O/c1-3-5-7-8-9-10-11-12-17-20-19(15-6-4-2)16-13-14-18/h3-18H2,1-2H3. The predicted molar refractivity (Wildman–Crippen MR) is 88.7 cm³/mol. The van der Waals surface area contributed by atoms with Gasteiger partial charge in [-0.05, 0) is 25.8 Å². The van der Waals surface area contributed by atoms with E-state index in [0.29, 0.717) is 0 Å². The van der Waals surface area contributed by atoms with Crippen LogP contribution in [0.1, 0.15) is 84.5 Å². The molecule has 122 valence electrons. The zero-order valence-electron chi connectivity index (χ0n) is 14.0. The number of hydrogen-bond donors (Lipinski definition) is 1. The molecule has 0 radical (unpaired) electrons. The number of unbranched alkanes of at least 4 members (excludes halogenated alkanes) is 8. The first-order valence-electron chi connectivity index (χ1n) is 8.93. The van der Waals surface area contributed by atoms with E-state index < -0.39 is 0 Å². The van der Waals surface area contributed by atoms with Gasteiger partial charge in [0.25, 0.3) is 0 Å². The van der Waals surface area contributed by atoms with Crippen molar-refractivity contribution in [1.82, 2.24) is 5.06 Å². The molecule has 0 saturated heterocycles. The Bertz CT molecular complexity index is 168. The molecule has 0 aromatic rings. The molecule has 0 rings (SSSR count). The molecule has 0 aromatic heterocycles. The van der Waals surface area contributed by atoms with Crippen LogP contribution in [0.3, 0.4) is 0 Å². The lowest BCUT2D eigenvalue weighted by Gasteiger charge is -2.21. The van der Waals surface area contributed by atoms with Gasteiger partial charge in [-0.3, -0.25) is 4.84 Å². The van der Waals surface area contributed by atoms with Gasteiger partial charge in [-0.15, -0.1) is 0 Å². The van der Waals surface area contributed by atoms with E-state index in [1.165, 1.54) is 64.2 Å². The zero-order chi connectivity index (χ0) is 14.9. The van der Waals surface area contributed by atoms with Crippen LogP contribution in [0.15, 0.2) is 0 Å². The van der Waals surface area contributed by atoms with Crippen molar-refractivity contribution in [3.8, 4) is 0 Å². The fourth-order valence-corrected chi connectivity index (χ4v) is 2.27. The maximum atomic E-state index is 5.87. The van der Waals surface area contributed by atoms with Gasteiger partial charge in [0, 0.05) is 13.1 Å². The molecule has 0 amide bonds. The molecule has 0 aliphatic carbocycles. The van der Waals surface area contributed by atoms with Crippen molar-refractivity contribution in [2.24, 2.45) is 5.73 Å². The molecule has 0 aliphatic rings. The molecule has 3 nitrogen and oxygen atoms in total. The van der Waals surface area contributed by atoms with Crippen LogP contribution in [0.25, 0.3) is 0 Å². The first-order chi connectivity index (χ1) is 9.85. The monoisotopic (exact) mass is 286 g/mol. The van der Waals surface area contributed by atoms with Crippen molar-refractivity contribution in [3.05, 3.63) is 0 Å². The summed E-state index contributed by atoms with van der Waals surface area (Å²) in [4.78, 5) is 5.87. The lowest BCUT2D eigenvalue weighted by atomic mass is 10.1. The van der Waals surface area contributed by atoms with Gasteiger partial charge in [-0.1, -0.05) is 65.2 Å². The third-order valence-electron chi connectivity index (χ3n) is 3.64. The minimum atomic E-state index is 0.754. The Labute approximate surface area is 127 Å². The van der Waals surface area contributed by atoms with Crippen molar-refractivity contribution in [2.75, 3.05) is 26.2 Å². The number of hydrogen-bond acceptors (Lipinski definition) is 3. The van der Waals surface area contributed by atoms with Gasteiger partial charge in [0.1, 0.15) is 0 Å². The summed E-state index contributed by atoms with van der Waals surface area (Å²) in [7, 11) is 0. The van der Waals surface area contributed by atoms with Crippen LogP contribution in [-0.2, 0) is 4.84 Å². The maximum Gasteiger partial charge on any atom is 0.0685 e. The number of nitrogens with zero attached hydrogens (tertiary/aromatic N) is 1. The van der Waals surface area contributed by atoms with Gasteiger partial charge in [0.2, 0.25) is 0 Å². The van der Waals surface area contributed by atoms with E-state index in [9.17, 15) is 0 Å². The van der Waals surface area contributed by atoms with Crippen LogP contribution in [0, 0.1) is 0 Å². The van der Waals surface area contributed by atoms with E-state index in [2.05, 4.69) is 18.9 Å². The summed E-state index contributed by atoms with van der Waals surface area (Å²) in [6.07, 6.45) is 14.3. The fourth-order valence-electron chi connectivity index (χ4n) is 2.27. The average Bonchev–Trinajstić information content (AvgIpc) is 2.47. The highest BCUT2D eigenvalue weighted by atomic mass is 16.7. The average molecular weight is 287 g/mol. The highest BCUT2D eigenvalue weighted by molar-refractivity contribution is 4.50. The summed E-state index contributed by atoms with van der Waals surface area (Å²) in [6.45, 7) is 8.15. The zero-order valence-corrected chi connectivity index (χ0v) is 14.0. The Kier molecular flexibility index (Phi) is 16.8. The minimum absolute atomic E-state index is 0.754. The van der Waals surface area contributed by atoms with E-state index in [4.69, 9.17) is 10.6 Å². The molecule has 0 unspecified atom stereocenters. The molecule has 2 N–H and O–H groups in total. The normalized spacial score (nSPS) is 11.4. The van der Waals surface area contributed by atoms with Crippen molar-refractivity contribution in [2.45, 2.75) is 84.5 Å². The molecule has 0 fully saturated rings. The highest BCUT2D eigenvalue weighted by Crippen LogP contribution is 2.09. The molecular formula is C17H38N2O. The second-order valence-corrected chi connectivity index (χ2v) is 5.73. The van der Waals surface area contributed by atoms with E-state index in [1.807, 2.05) is 0 Å². The summed E-state index contributed by atoms with van der Waals surface area (Å²) in [5, 5.41) is 2.12. The third-order valence-corrected chi connectivity index (χ3v) is 3.64. The molecule has 0 saturated carbocycles. The van der Waals surface area contributed by atoms with Crippen molar-refractivity contribution in [3.63, 3.8) is 0 Å². The summed E-state index contributed by atoms with van der Waals surface area (Å²) in [5.41, 5.74) is 5.57. The summed E-state index contributed by atoms with van der Waals surface area (Å²) in [5.74, 6) is 0. The van der Waals surface area contributed by atoms with Crippen LogP contribution in [0.4, 0.5) is 0 Å². The van der Waals surface area contributed by atoms with Crippen LogP contribution in [0.5, 0.6) is 0 Å². The molecule has 0 bridgehead atoms. The maximum absolute atomic E-state index is 5.87. The van der Waals surface area contributed by atoms with Crippen LogP contribution >= 0.6 is 0 Å². The van der Waals surface area contributed by atoms with E-state index >= 15 is 0 Å². The Hall–Kier alpha value is -0.120. The second-order valence-electron chi connectivity index (χ2n) is 5.73. The summed E-state index contributed by atoms with van der Waals surface area (Å²) in [6, 6.07) is 0. The molecule has 0 spiro atoms. The van der Waals surface area contributed by atoms with Crippen LogP contribution < -0.4 is 5.73 Å². The molecule has 0 aliphatic heterocycles. The van der Waals surface area contributed by atoms with Gasteiger partial charge in [-0.2, -0.15) is 5.06 Å². The minimum Gasteiger partial charge on any atom is -0.330 e. The molecule has 0 aromatic carbocycles. The van der Waals surface area contributed by atoms with Gasteiger partial charge in [0.15, 0.2) is 0 Å². The lowest BCUT2D eigenvalue weighted by molar-refractivity contribution is -0.160. The molecule has 3 heteroatoms. The smallest absolute Gasteiger partial charge is 0.0685 e. The Balaban J connectivity index is 3.38. The van der Waals surface area contributed by atoms with Gasteiger partial charge in [-0.25, -0.2) is 0 Å². The van der Waals surface area contributed by atoms with Crippen molar-refractivity contribution < 1.29 is 4.84 Å². The number of nitrogens with two attached hydrogens (primary N) is 1. The first-order valence-corrected chi connectivity index (χ1v) is 8.93. The van der Waals surface area contributed by atoms with Gasteiger partial charge >= 0.3 is 0 Å². The van der Waals surface area contributed by atoms with Gasteiger partial charge < -0.3 is 5.73 Å². The number of hydroxylamine groups is 2. The fraction of sp³-hybridized carbons (Fsp3) is 1.00. The lowest BCUT2D eigenvalue weighted by Crippen LogP contribution is -2.28. The quantitative estimate of drug-likeness (QED) is 0.335. The highest BCUT2D eigenvalue weighted by Gasteiger charge is 2.03. The topological polar surface area (TPSA) is 38.5 Å². The second kappa shape index (κ2) is 16.9. The molecule has 20 heavy (non-hydrogen) atoms. The SMILES string of the molecule is CCCCCCCCCCON(CCCC)CCCN. The van der Waals surface area contributed by atoms with Gasteiger partial charge in [0.05, 0.1) is 6.61 Å². The third kappa shape index (κ3) is 14.3. The van der Waals surface area contributed by atoms with E-state index in [-0.39, 0.29) is 0 Å². The Morgan fingerprint density at radius 2 is 1.25 bits per heavy atom. The van der Waals surface area contributed by atoms with Crippen LogP contribution in [0.2, 0.25) is 0 Å². The Morgan fingerprint density at radius 1 is 0.700 bits per heavy atom. The molecule has 0 atom stereocenters. The predicted octanol–water partition coefficient (Wildman–Crippen LogP) is 4.51. The van der Waals surface area contributed by atoms with Crippen LogP contribution in [-0.4, -0.2) is 31.3 Å².